The Kier molecular flexibility index (Phi) is 3.46. The molecule has 1 aromatic rings. The van der Waals surface area contributed by atoms with Gasteiger partial charge in [-0.1, -0.05) is 0 Å². The Labute approximate surface area is 115 Å². The summed E-state index contributed by atoms with van der Waals surface area (Å²) in [5.74, 6) is 0. The maximum absolute atomic E-state index is 5.95. The number of morpholine rings is 1. The van der Waals surface area contributed by atoms with Crippen molar-refractivity contribution in [3.63, 3.8) is 0 Å². The molecule has 1 saturated carbocycles. The van der Waals surface area contributed by atoms with Crippen molar-refractivity contribution in [1.82, 2.24) is 4.98 Å². The fourth-order valence-electron chi connectivity index (χ4n) is 3.57. The molecule has 2 unspecified atom stereocenters. The first-order valence-electron chi connectivity index (χ1n) is 7.26. The number of hydrogen-bond donors (Lipinski definition) is 1. The first-order valence-corrected chi connectivity index (χ1v) is 7.26. The minimum absolute atomic E-state index is 0.410. The number of pyridine rings is 1. The Morgan fingerprint density at radius 2 is 2.26 bits per heavy atom. The molecule has 2 N–H and O–H groups in total. The van der Waals surface area contributed by atoms with Crippen LogP contribution in [0.2, 0.25) is 0 Å². The number of fused-ring (bicyclic) bond motifs is 1. The summed E-state index contributed by atoms with van der Waals surface area (Å²) in [4.78, 5) is 7.07. The predicted octanol–water partition coefficient (Wildman–Crippen LogP) is 1.91. The molecule has 0 bridgehead atoms. The number of aryl methyl sites for hydroxylation is 2. The van der Waals surface area contributed by atoms with Gasteiger partial charge >= 0.3 is 0 Å². The maximum Gasteiger partial charge on any atom is 0.0779 e. The predicted molar refractivity (Wildman–Crippen MR) is 76.3 cm³/mol. The van der Waals surface area contributed by atoms with E-state index >= 15 is 0 Å². The average molecular weight is 261 g/mol. The van der Waals surface area contributed by atoms with E-state index in [1.165, 1.54) is 30.5 Å². The van der Waals surface area contributed by atoms with Crippen molar-refractivity contribution < 1.29 is 4.74 Å². The van der Waals surface area contributed by atoms with Crippen LogP contribution in [0.25, 0.3) is 0 Å². The van der Waals surface area contributed by atoms with Gasteiger partial charge in [0.05, 0.1) is 18.8 Å². The highest BCUT2D eigenvalue weighted by Gasteiger charge is 2.37. The van der Waals surface area contributed by atoms with Gasteiger partial charge in [-0.2, -0.15) is 0 Å². The third-order valence-electron chi connectivity index (χ3n) is 4.43. The highest BCUT2D eigenvalue weighted by Crippen LogP contribution is 2.35. The molecule has 0 aromatic carbocycles. The molecular formula is C15H23N3O. The maximum atomic E-state index is 5.95. The van der Waals surface area contributed by atoms with E-state index in [0.717, 1.165) is 24.5 Å². The summed E-state index contributed by atoms with van der Waals surface area (Å²) in [6.45, 7) is 6.47. The first-order chi connectivity index (χ1) is 9.20. The third kappa shape index (κ3) is 2.23. The smallest absolute Gasteiger partial charge is 0.0779 e. The second-order valence-electron chi connectivity index (χ2n) is 5.65. The zero-order valence-corrected chi connectivity index (χ0v) is 11.9. The molecule has 0 amide bonds. The monoisotopic (exact) mass is 261 g/mol. The van der Waals surface area contributed by atoms with E-state index in [-0.39, 0.29) is 0 Å². The fourth-order valence-corrected chi connectivity index (χ4v) is 3.57. The Balaban J connectivity index is 2.00. The van der Waals surface area contributed by atoms with Gasteiger partial charge in [0.1, 0.15) is 0 Å². The van der Waals surface area contributed by atoms with Gasteiger partial charge in [0.25, 0.3) is 0 Å². The molecule has 2 aliphatic rings. The van der Waals surface area contributed by atoms with Crippen LogP contribution in [0.4, 0.5) is 5.69 Å². The fraction of sp³-hybridized carbons (Fsp3) is 0.667. The summed E-state index contributed by atoms with van der Waals surface area (Å²) >= 11 is 0. The van der Waals surface area contributed by atoms with Crippen LogP contribution >= 0.6 is 0 Å². The second kappa shape index (κ2) is 5.10. The topological polar surface area (TPSA) is 51.4 Å². The van der Waals surface area contributed by atoms with Crippen LogP contribution in [-0.2, 0) is 11.3 Å². The molecule has 104 valence electrons. The highest BCUT2D eigenvalue weighted by molar-refractivity contribution is 5.57. The van der Waals surface area contributed by atoms with Crippen LogP contribution < -0.4 is 10.6 Å². The van der Waals surface area contributed by atoms with Crippen LogP contribution in [0.3, 0.4) is 0 Å². The highest BCUT2D eigenvalue weighted by atomic mass is 16.5. The third-order valence-corrected chi connectivity index (χ3v) is 4.43. The van der Waals surface area contributed by atoms with Crippen molar-refractivity contribution in [3.8, 4) is 0 Å². The number of anilines is 1. The molecule has 4 heteroatoms. The lowest BCUT2D eigenvalue weighted by Crippen LogP contribution is -2.49. The van der Waals surface area contributed by atoms with E-state index in [9.17, 15) is 0 Å². The van der Waals surface area contributed by atoms with Gasteiger partial charge in [-0.3, -0.25) is 4.98 Å². The first kappa shape index (κ1) is 12.9. The normalized spacial score (nSPS) is 26.6. The van der Waals surface area contributed by atoms with Crippen molar-refractivity contribution in [1.29, 1.82) is 0 Å². The standard InChI is InChI=1S/C15H23N3O/c1-10-8-14(12(9-16)11(2)17-10)18-6-7-19-15-5-3-4-13(15)18/h8,13,15H,3-7,9,16H2,1-2H3. The van der Waals surface area contributed by atoms with Gasteiger partial charge in [-0.05, 0) is 39.2 Å². The van der Waals surface area contributed by atoms with Crippen molar-refractivity contribution in [2.75, 3.05) is 18.1 Å². The second-order valence-corrected chi connectivity index (χ2v) is 5.65. The molecule has 0 spiro atoms. The number of nitrogens with zero attached hydrogens (tertiary/aromatic N) is 2. The summed E-state index contributed by atoms with van der Waals surface area (Å²) in [6.07, 6.45) is 4.11. The molecule has 1 aliphatic heterocycles. The molecular weight excluding hydrogens is 238 g/mol. The van der Waals surface area contributed by atoms with Gasteiger partial charge in [0.2, 0.25) is 0 Å². The minimum Gasteiger partial charge on any atom is -0.374 e. The van der Waals surface area contributed by atoms with E-state index in [1.807, 2.05) is 0 Å². The molecule has 19 heavy (non-hydrogen) atoms. The number of ether oxygens (including phenoxy) is 1. The number of nitrogens with two attached hydrogens (primary N) is 1. The van der Waals surface area contributed by atoms with Crippen LogP contribution in [0, 0.1) is 13.8 Å². The summed E-state index contributed by atoms with van der Waals surface area (Å²) in [7, 11) is 0. The Morgan fingerprint density at radius 3 is 3.05 bits per heavy atom. The van der Waals surface area contributed by atoms with E-state index in [1.54, 1.807) is 0 Å². The SMILES string of the molecule is Cc1cc(N2CCOC3CCCC32)c(CN)c(C)n1. The summed E-state index contributed by atoms with van der Waals surface area (Å²) in [5, 5.41) is 0. The van der Waals surface area contributed by atoms with E-state index in [2.05, 4.69) is 29.8 Å². The zero-order chi connectivity index (χ0) is 13.4. The van der Waals surface area contributed by atoms with Crippen LogP contribution in [0.15, 0.2) is 6.07 Å². The van der Waals surface area contributed by atoms with Crippen LogP contribution in [0.1, 0.15) is 36.2 Å². The Bertz CT molecular complexity index is 475. The molecule has 0 radical (unpaired) electrons. The largest absolute Gasteiger partial charge is 0.374 e. The zero-order valence-electron chi connectivity index (χ0n) is 11.9. The van der Waals surface area contributed by atoms with Crippen molar-refractivity contribution in [3.05, 3.63) is 23.0 Å². The molecule has 2 atom stereocenters. The lowest BCUT2D eigenvalue weighted by Gasteiger charge is -2.40. The van der Waals surface area contributed by atoms with Crippen LogP contribution in [-0.4, -0.2) is 30.3 Å². The number of hydrogen-bond acceptors (Lipinski definition) is 4. The van der Waals surface area contributed by atoms with Crippen molar-refractivity contribution in [2.45, 2.75) is 51.8 Å². The molecule has 1 aliphatic carbocycles. The molecule has 3 rings (SSSR count). The quantitative estimate of drug-likeness (QED) is 0.883. The van der Waals surface area contributed by atoms with Crippen LogP contribution in [0.5, 0.6) is 0 Å². The van der Waals surface area contributed by atoms with Gasteiger partial charge in [-0.15, -0.1) is 0 Å². The van der Waals surface area contributed by atoms with E-state index in [0.29, 0.717) is 18.7 Å². The molecule has 1 saturated heterocycles. The lowest BCUT2D eigenvalue weighted by molar-refractivity contribution is 0.0255. The number of aromatic nitrogens is 1. The van der Waals surface area contributed by atoms with Crippen molar-refractivity contribution in [2.24, 2.45) is 5.73 Å². The molecule has 2 fully saturated rings. The summed E-state index contributed by atoms with van der Waals surface area (Å²) in [6, 6.07) is 2.72. The molecule has 1 aromatic heterocycles. The van der Waals surface area contributed by atoms with E-state index in [4.69, 9.17) is 10.5 Å². The minimum atomic E-state index is 0.410. The lowest BCUT2D eigenvalue weighted by atomic mass is 10.0. The van der Waals surface area contributed by atoms with Gasteiger partial charge in [-0.25, -0.2) is 0 Å². The Morgan fingerprint density at radius 1 is 1.42 bits per heavy atom. The molecule has 4 nitrogen and oxygen atoms in total. The average Bonchev–Trinajstić information content (AvgIpc) is 2.85. The van der Waals surface area contributed by atoms with E-state index < -0.39 is 0 Å². The summed E-state index contributed by atoms with van der Waals surface area (Å²) < 4.78 is 5.90. The van der Waals surface area contributed by atoms with Crippen molar-refractivity contribution >= 4 is 5.69 Å². The van der Waals surface area contributed by atoms with Gasteiger partial charge in [0, 0.05) is 35.7 Å². The summed E-state index contributed by atoms with van der Waals surface area (Å²) in [5.41, 5.74) is 10.6. The number of rotatable bonds is 2. The van der Waals surface area contributed by atoms with Gasteiger partial charge < -0.3 is 15.4 Å². The van der Waals surface area contributed by atoms with Gasteiger partial charge in [0.15, 0.2) is 0 Å². The molecule has 2 heterocycles. The Hall–Kier alpha value is -1.13.